The van der Waals surface area contributed by atoms with Crippen molar-refractivity contribution in [2.24, 2.45) is 0 Å². The van der Waals surface area contributed by atoms with E-state index >= 15 is 0 Å². The van der Waals surface area contributed by atoms with Crippen molar-refractivity contribution in [1.82, 2.24) is 5.32 Å². The van der Waals surface area contributed by atoms with E-state index in [0.717, 1.165) is 0 Å². The lowest BCUT2D eigenvalue weighted by atomic mass is 10.1. The van der Waals surface area contributed by atoms with Crippen LogP contribution in [-0.4, -0.2) is 28.1 Å². The van der Waals surface area contributed by atoms with Crippen LogP contribution in [0.2, 0.25) is 0 Å². The maximum atomic E-state index is 11.6. The van der Waals surface area contributed by atoms with Gasteiger partial charge >= 0.3 is 5.97 Å². The van der Waals surface area contributed by atoms with E-state index in [0.29, 0.717) is 0 Å². The number of phenols is 1. The van der Waals surface area contributed by atoms with E-state index in [1.165, 1.54) is 25.1 Å². The fraction of sp³-hybridized carbons (Fsp3) is 0.200. The molecule has 0 heterocycles. The Labute approximate surface area is 91.7 Å². The maximum absolute atomic E-state index is 11.6. The van der Waals surface area contributed by atoms with Gasteiger partial charge < -0.3 is 21.3 Å². The molecule has 5 N–H and O–H groups in total. The molecular weight excluding hydrogens is 212 g/mol. The first-order chi connectivity index (χ1) is 7.43. The number of benzene rings is 1. The van der Waals surface area contributed by atoms with Gasteiger partial charge in [-0.25, -0.2) is 0 Å². The lowest BCUT2D eigenvalue weighted by Crippen LogP contribution is -2.38. The molecule has 0 spiro atoms. The van der Waals surface area contributed by atoms with E-state index in [1.807, 2.05) is 0 Å². The van der Waals surface area contributed by atoms with Crippen molar-refractivity contribution in [3.63, 3.8) is 0 Å². The number of carbonyl (C=O) groups excluding carboxylic acids is 1. The Balaban J connectivity index is 2.89. The summed E-state index contributed by atoms with van der Waals surface area (Å²) >= 11 is 0. The van der Waals surface area contributed by atoms with Crippen LogP contribution in [0.25, 0.3) is 0 Å². The predicted molar refractivity (Wildman–Crippen MR) is 57.1 cm³/mol. The molecule has 1 amide bonds. The number of carboxylic acid groups (broad SMARTS) is 1. The number of carboxylic acids is 1. The average molecular weight is 224 g/mol. The van der Waals surface area contributed by atoms with Crippen LogP contribution in [-0.2, 0) is 4.79 Å². The number of nitrogens with one attached hydrogen (secondary N) is 1. The molecule has 1 aromatic rings. The van der Waals surface area contributed by atoms with Crippen LogP contribution in [0.1, 0.15) is 17.3 Å². The van der Waals surface area contributed by atoms with E-state index in [1.54, 1.807) is 0 Å². The Morgan fingerprint density at radius 2 is 2.06 bits per heavy atom. The number of rotatable bonds is 3. The first-order valence-electron chi connectivity index (χ1n) is 4.54. The number of nitrogen functional groups attached to an aromatic ring is 1. The Kier molecular flexibility index (Phi) is 3.34. The van der Waals surface area contributed by atoms with Gasteiger partial charge in [0.05, 0.1) is 11.3 Å². The normalized spacial score (nSPS) is 11.8. The number of hydrogen-bond donors (Lipinski definition) is 4. The van der Waals surface area contributed by atoms with Crippen molar-refractivity contribution in [3.05, 3.63) is 23.8 Å². The van der Waals surface area contributed by atoms with Crippen LogP contribution < -0.4 is 11.1 Å². The smallest absolute Gasteiger partial charge is 0.325 e. The van der Waals surface area contributed by atoms with E-state index in [-0.39, 0.29) is 17.0 Å². The second-order valence-electron chi connectivity index (χ2n) is 3.27. The second-order valence-corrected chi connectivity index (χ2v) is 3.27. The van der Waals surface area contributed by atoms with Crippen molar-refractivity contribution in [2.45, 2.75) is 13.0 Å². The third-order valence-corrected chi connectivity index (χ3v) is 2.05. The van der Waals surface area contributed by atoms with Gasteiger partial charge in [-0.3, -0.25) is 9.59 Å². The number of nitrogens with two attached hydrogens (primary N) is 1. The SMILES string of the molecule is CC(NC(=O)c1cccc(O)c1N)C(=O)O. The van der Waals surface area contributed by atoms with Crippen molar-refractivity contribution < 1.29 is 19.8 Å². The minimum absolute atomic E-state index is 0.0492. The van der Waals surface area contributed by atoms with Crippen molar-refractivity contribution in [3.8, 4) is 5.75 Å². The zero-order valence-electron chi connectivity index (χ0n) is 8.60. The average Bonchev–Trinajstić information content (AvgIpc) is 2.21. The predicted octanol–water partition coefficient (Wildman–Crippen LogP) is 0.177. The molecule has 0 aromatic heterocycles. The molecule has 0 aliphatic carbocycles. The standard InChI is InChI=1S/C10H12N2O4/c1-5(10(15)16)12-9(14)6-3-2-4-7(13)8(6)11/h2-5,13H,11H2,1H3,(H,12,14)(H,15,16). The first-order valence-corrected chi connectivity index (χ1v) is 4.54. The van der Waals surface area contributed by atoms with Gasteiger partial charge in [0.2, 0.25) is 0 Å². The van der Waals surface area contributed by atoms with Gasteiger partial charge in [0.1, 0.15) is 11.8 Å². The Morgan fingerprint density at radius 3 is 2.62 bits per heavy atom. The molecule has 6 nitrogen and oxygen atoms in total. The van der Waals surface area contributed by atoms with Gasteiger partial charge in [-0.05, 0) is 19.1 Å². The van der Waals surface area contributed by atoms with Gasteiger partial charge in [0, 0.05) is 0 Å². The molecule has 0 aliphatic heterocycles. The molecule has 0 radical (unpaired) electrons. The minimum atomic E-state index is -1.15. The lowest BCUT2D eigenvalue weighted by Gasteiger charge is -2.11. The van der Waals surface area contributed by atoms with Crippen LogP contribution >= 0.6 is 0 Å². The third kappa shape index (κ3) is 2.41. The lowest BCUT2D eigenvalue weighted by molar-refractivity contribution is -0.138. The quantitative estimate of drug-likeness (QED) is 0.432. The van der Waals surface area contributed by atoms with E-state index in [9.17, 15) is 14.7 Å². The van der Waals surface area contributed by atoms with Crippen LogP contribution in [0.5, 0.6) is 5.75 Å². The Morgan fingerprint density at radius 1 is 1.44 bits per heavy atom. The molecule has 0 saturated heterocycles. The first kappa shape index (κ1) is 11.8. The summed E-state index contributed by atoms with van der Waals surface area (Å²) in [5, 5.41) is 20.1. The summed E-state index contributed by atoms with van der Waals surface area (Å²) in [6.07, 6.45) is 0. The van der Waals surface area contributed by atoms with E-state index in [2.05, 4.69) is 5.32 Å². The molecular formula is C10H12N2O4. The molecule has 86 valence electrons. The summed E-state index contributed by atoms with van der Waals surface area (Å²) in [5.74, 6) is -1.99. The fourth-order valence-corrected chi connectivity index (χ4v) is 1.09. The molecule has 0 fully saturated rings. The summed E-state index contributed by atoms with van der Waals surface area (Å²) in [6, 6.07) is 3.17. The highest BCUT2D eigenvalue weighted by Crippen LogP contribution is 2.23. The topological polar surface area (TPSA) is 113 Å². The summed E-state index contributed by atoms with van der Waals surface area (Å²) < 4.78 is 0. The zero-order valence-corrected chi connectivity index (χ0v) is 8.60. The summed E-state index contributed by atoms with van der Waals surface area (Å²) in [6.45, 7) is 1.33. The third-order valence-electron chi connectivity index (χ3n) is 2.05. The Hall–Kier alpha value is -2.24. The molecule has 0 bridgehead atoms. The zero-order chi connectivity index (χ0) is 12.3. The number of aliphatic carboxylic acids is 1. The van der Waals surface area contributed by atoms with Crippen molar-refractivity contribution in [2.75, 3.05) is 5.73 Å². The molecule has 6 heteroatoms. The number of para-hydroxylation sites is 1. The molecule has 0 saturated carbocycles. The maximum Gasteiger partial charge on any atom is 0.325 e. The molecule has 1 aromatic carbocycles. The molecule has 16 heavy (non-hydrogen) atoms. The van der Waals surface area contributed by atoms with Gasteiger partial charge in [-0.1, -0.05) is 6.07 Å². The number of aromatic hydroxyl groups is 1. The van der Waals surface area contributed by atoms with Gasteiger partial charge in [-0.15, -0.1) is 0 Å². The second kappa shape index (κ2) is 4.52. The van der Waals surface area contributed by atoms with Crippen LogP contribution in [0.4, 0.5) is 5.69 Å². The summed E-state index contributed by atoms with van der Waals surface area (Å²) in [7, 11) is 0. The van der Waals surface area contributed by atoms with Crippen LogP contribution in [0, 0.1) is 0 Å². The largest absolute Gasteiger partial charge is 0.506 e. The number of hydrogen-bond acceptors (Lipinski definition) is 4. The highest BCUT2D eigenvalue weighted by molar-refractivity contribution is 6.01. The highest BCUT2D eigenvalue weighted by atomic mass is 16.4. The van der Waals surface area contributed by atoms with Crippen LogP contribution in [0.15, 0.2) is 18.2 Å². The van der Waals surface area contributed by atoms with Gasteiger partial charge in [0.25, 0.3) is 5.91 Å². The number of anilines is 1. The monoisotopic (exact) mass is 224 g/mol. The Bertz CT molecular complexity index is 431. The summed E-state index contributed by atoms with van der Waals surface area (Å²) in [4.78, 5) is 22.1. The van der Waals surface area contributed by atoms with Crippen LogP contribution in [0.3, 0.4) is 0 Å². The van der Waals surface area contributed by atoms with Crippen molar-refractivity contribution in [1.29, 1.82) is 0 Å². The number of phenolic OH excluding ortho intramolecular Hbond substituents is 1. The molecule has 0 aliphatic rings. The van der Waals surface area contributed by atoms with Gasteiger partial charge in [0.15, 0.2) is 0 Å². The minimum Gasteiger partial charge on any atom is -0.506 e. The van der Waals surface area contributed by atoms with E-state index in [4.69, 9.17) is 10.8 Å². The molecule has 1 rings (SSSR count). The van der Waals surface area contributed by atoms with Gasteiger partial charge in [-0.2, -0.15) is 0 Å². The summed E-state index contributed by atoms with van der Waals surface area (Å²) in [5.41, 5.74) is 5.45. The fourth-order valence-electron chi connectivity index (χ4n) is 1.09. The number of amides is 1. The molecule has 1 unspecified atom stereocenters. The highest BCUT2D eigenvalue weighted by Gasteiger charge is 2.17. The van der Waals surface area contributed by atoms with Crippen molar-refractivity contribution >= 4 is 17.6 Å². The van der Waals surface area contributed by atoms with E-state index < -0.39 is 17.9 Å². The molecule has 1 atom stereocenters. The number of carbonyl (C=O) groups is 2.